The standard InChI is InChI=1S/C30H26N2O6/c1-4-18-11-13-19(14-12-18)26-25(27(34)24-15-20-7-5-10-23(37-3)29(20)38-24)28(35)30(36)32(26)22-9-6-8-21(16-22)31-17(2)33/h5-16,26,35H,4H2,1-3H3,(H,31,33). The van der Waals surface area contributed by atoms with Crippen molar-refractivity contribution in [2.75, 3.05) is 17.3 Å². The van der Waals surface area contributed by atoms with Gasteiger partial charge in [-0.2, -0.15) is 0 Å². The van der Waals surface area contributed by atoms with Gasteiger partial charge < -0.3 is 19.6 Å². The largest absolute Gasteiger partial charge is 0.503 e. The molecule has 2 amide bonds. The normalized spacial score (nSPS) is 15.3. The molecule has 192 valence electrons. The molecule has 5 rings (SSSR count). The highest BCUT2D eigenvalue weighted by Crippen LogP contribution is 2.43. The van der Waals surface area contributed by atoms with Gasteiger partial charge in [0.05, 0.1) is 18.7 Å². The van der Waals surface area contributed by atoms with Crippen LogP contribution in [0.3, 0.4) is 0 Å². The maximum absolute atomic E-state index is 13.9. The number of methoxy groups -OCH3 is 1. The molecule has 8 nitrogen and oxygen atoms in total. The highest BCUT2D eigenvalue weighted by atomic mass is 16.5. The molecule has 3 aromatic carbocycles. The van der Waals surface area contributed by atoms with Crippen LogP contribution in [0.15, 0.2) is 88.5 Å². The topological polar surface area (TPSA) is 109 Å². The lowest BCUT2D eigenvalue weighted by atomic mass is 9.94. The van der Waals surface area contributed by atoms with E-state index in [1.165, 1.54) is 18.9 Å². The number of fused-ring (bicyclic) bond motifs is 1. The van der Waals surface area contributed by atoms with E-state index in [0.717, 1.165) is 12.0 Å². The lowest BCUT2D eigenvalue weighted by Gasteiger charge is -2.27. The third-order valence-electron chi connectivity index (χ3n) is 6.55. The van der Waals surface area contributed by atoms with E-state index in [1.807, 2.05) is 31.2 Å². The van der Waals surface area contributed by atoms with Gasteiger partial charge in [-0.1, -0.05) is 49.4 Å². The van der Waals surface area contributed by atoms with Crippen molar-refractivity contribution in [2.45, 2.75) is 26.3 Å². The van der Waals surface area contributed by atoms with Gasteiger partial charge in [0.2, 0.25) is 11.7 Å². The van der Waals surface area contributed by atoms with E-state index in [1.54, 1.807) is 48.5 Å². The Morgan fingerprint density at radius 3 is 2.47 bits per heavy atom. The zero-order valence-corrected chi connectivity index (χ0v) is 21.1. The van der Waals surface area contributed by atoms with E-state index in [0.29, 0.717) is 33.7 Å². The van der Waals surface area contributed by atoms with Crippen molar-refractivity contribution in [2.24, 2.45) is 0 Å². The van der Waals surface area contributed by atoms with Crippen LogP contribution in [0.4, 0.5) is 11.4 Å². The number of aliphatic hydroxyl groups is 1. The monoisotopic (exact) mass is 510 g/mol. The quantitative estimate of drug-likeness (QED) is 0.307. The molecule has 38 heavy (non-hydrogen) atoms. The first kappa shape index (κ1) is 24.8. The Kier molecular flexibility index (Phi) is 6.46. The summed E-state index contributed by atoms with van der Waals surface area (Å²) in [5.41, 5.74) is 2.91. The van der Waals surface area contributed by atoms with E-state index in [4.69, 9.17) is 9.15 Å². The second-order valence-electron chi connectivity index (χ2n) is 8.99. The van der Waals surface area contributed by atoms with Gasteiger partial charge in [0.1, 0.15) is 0 Å². The van der Waals surface area contributed by atoms with Gasteiger partial charge in [-0.25, -0.2) is 0 Å². The van der Waals surface area contributed by atoms with Gasteiger partial charge in [-0.3, -0.25) is 19.3 Å². The molecule has 0 spiro atoms. The van der Waals surface area contributed by atoms with E-state index in [9.17, 15) is 19.5 Å². The smallest absolute Gasteiger partial charge is 0.294 e. The number of nitrogens with zero attached hydrogens (tertiary/aromatic N) is 1. The minimum Gasteiger partial charge on any atom is -0.503 e. The number of hydrogen-bond acceptors (Lipinski definition) is 6. The second kappa shape index (κ2) is 9.89. The first-order valence-corrected chi connectivity index (χ1v) is 12.2. The van der Waals surface area contributed by atoms with E-state index in [-0.39, 0.29) is 17.2 Å². The van der Waals surface area contributed by atoms with Crippen molar-refractivity contribution in [3.8, 4) is 5.75 Å². The number of anilines is 2. The number of hydrogen-bond donors (Lipinski definition) is 2. The summed E-state index contributed by atoms with van der Waals surface area (Å²) >= 11 is 0. The van der Waals surface area contributed by atoms with Crippen LogP contribution in [0.2, 0.25) is 0 Å². The fourth-order valence-electron chi connectivity index (χ4n) is 4.73. The molecule has 1 unspecified atom stereocenters. The molecule has 0 bridgehead atoms. The molecule has 0 fully saturated rings. The number of aryl methyl sites for hydroxylation is 1. The molecule has 0 saturated carbocycles. The van der Waals surface area contributed by atoms with Gasteiger partial charge >= 0.3 is 0 Å². The van der Waals surface area contributed by atoms with Crippen LogP contribution < -0.4 is 15.0 Å². The number of rotatable bonds is 7. The Bertz CT molecular complexity index is 1600. The van der Waals surface area contributed by atoms with Gasteiger partial charge in [-0.05, 0) is 47.9 Å². The zero-order chi connectivity index (χ0) is 27.0. The van der Waals surface area contributed by atoms with Gasteiger partial charge in [0.15, 0.2) is 22.9 Å². The van der Waals surface area contributed by atoms with E-state index < -0.39 is 23.5 Å². The maximum atomic E-state index is 13.9. The van der Waals surface area contributed by atoms with Crippen LogP contribution >= 0.6 is 0 Å². The summed E-state index contributed by atoms with van der Waals surface area (Å²) in [6.07, 6.45) is 0.819. The first-order chi connectivity index (χ1) is 18.3. The van der Waals surface area contributed by atoms with Crippen molar-refractivity contribution in [3.63, 3.8) is 0 Å². The molecule has 1 aromatic heterocycles. The number of ether oxygens (including phenoxy) is 1. The van der Waals surface area contributed by atoms with Crippen molar-refractivity contribution in [1.29, 1.82) is 0 Å². The van der Waals surface area contributed by atoms with Crippen LogP contribution in [0.1, 0.15) is 41.6 Å². The molecule has 0 radical (unpaired) electrons. The van der Waals surface area contributed by atoms with Crippen molar-refractivity contribution < 1.29 is 28.6 Å². The molecule has 1 aliphatic rings. The maximum Gasteiger partial charge on any atom is 0.294 e. The molecular formula is C30H26N2O6. The molecule has 4 aromatic rings. The van der Waals surface area contributed by atoms with Gasteiger partial charge in [-0.15, -0.1) is 0 Å². The van der Waals surface area contributed by atoms with Crippen LogP contribution in [0.25, 0.3) is 11.0 Å². The number of amides is 2. The number of carbonyl (C=O) groups excluding carboxylic acids is 3. The van der Waals surface area contributed by atoms with E-state index >= 15 is 0 Å². The Morgan fingerprint density at radius 2 is 1.79 bits per heavy atom. The number of benzene rings is 3. The van der Waals surface area contributed by atoms with Crippen LogP contribution in [-0.2, 0) is 16.0 Å². The average molecular weight is 511 g/mol. The number of furan rings is 1. The summed E-state index contributed by atoms with van der Waals surface area (Å²) in [4.78, 5) is 40.4. The third kappa shape index (κ3) is 4.30. The lowest BCUT2D eigenvalue weighted by Crippen LogP contribution is -2.31. The minimum absolute atomic E-state index is 0.0251. The number of nitrogens with one attached hydrogen (secondary N) is 1. The van der Waals surface area contributed by atoms with Crippen molar-refractivity contribution >= 4 is 39.9 Å². The van der Waals surface area contributed by atoms with Crippen LogP contribution in [0, 0.1) is 0 Å². The first-order valence-electron chi connectivity index (χ1n) is 12.2. The summed E-state index contributed by atoms with van der Waals surface area (Å²) in [5.74, 6) is -1.82. The van der Waals surface area contributed by atoms with E-state index in [2.05, 4.69) is 5.32 Å². The lowest BCUT2D eigenvalue weighted by molar-refractivity contribution is -0.117. The zero-order valence-electron chi connectivity index (χ0n) is 21.1. The summed E-state index contributed by atoms with van der Waals surface area (Å²) in [6.45, 7) is 3.42. The number of ketones is 1. The minimum atomic E-state index is -0.927. The molecule has 1 atom stereocenters. The van der Waals surface area contributed by atoms with Gasteiger partial charge in [0.25, 0.3) is 5.91 Å². The third-order valence-corrected chi connectivity index (χ3v) is 6.55. The number of aliphatic hydroxyl groups excluding tert-OH is 1. The number of carbonyl (C=O) groups is 3. The fraction of sp³-hybridized carbons (Fsp3) is 0.167. The molecule has 0 saturated heterocycles. The molecule has 2 heterocycles. The average Bonchev–Trinajstić information content (AvgIpc) is 3.47. The summed E-state index contributed by atoms with van der Waals surface area (Å²) in [6, 6.07) is 20.2. The second-order valence-corrected chi connectivity index (χ2v) is 8.99. The number of para-hydroxylation sites is 1. The predicted molar refractivity (Wildman–Crippen MR) is 144 cm³/mol. The number of Topliss-reactive ketones (excluding diaryl/α,β-unsaturated/α-hetero) is 1. The molecule has 8 heteroatoms. The Hall–Kier alpha value is -4.85. The fourth-order valence-corrected chi connectivity index (χ4v) is 4.73. The Balaban J connectivity index is 1.64. The Morgan fingerprint density at radius 1 is 1.05 bits per heavy atom. The molecule has 1 aliphatic heterocycles. The molecule has 0 aliphatic carbocycles. The molecular weight excluding hydrogens is 484 g/mol. The Labute approximate surface area is 219 Å². The highest BCUT2D eigenvalue weighted by Gasteiger charge is 2.45. The van der Waals surface area contributed by atoms with Crippen LogP contribution in [-0.4, -0.2) is 29.8 Å². The van der Waals surface area contributed by atoms with Crippen molar-refractivity contribution in [3.05, 3.63) is 101 Å². The summed E-state index contributed by atoms with van der Waals surface area (Å²) < 4.78 is 11.2. The summed E-state index contributed by atoms with van der Waals surface area (Å²) in [7, 11) is 1.51. The molecule has 2 N–H and O–H groups in total. The van der Waals surface area contributed by atoms with Crippen LogP contribution in [0.5, 0.6) is 5.75 Å². The van der Waals surface area contributed by atoms with Gasteiger partial charge in [0, 0.05) is 23.7 Å². The van der Waals surface area contributed by atoms with Crippen molar-refractivity contribution in [1.82, 2.24) is 0 Å². The SMILES string of the molecule is CCc1ccc(C2C(C(=O)c3cc4cccc(OC)c4o3)=C(O)C(=O)N2c2cccc(NC(C)=O)c2)cc1. The predicted octanol–water partition coefficient (Wildman–Crippen LogP) is 5.75. The summed E-state index contributed by atoms with van der Waals surface area (Å²) in [5, 5.41) is 14.4. The highest BCUT2D eigenvalue weighted by molar-refractivity contribution is 6.21.